The first-order chi connectivity index (χ1) is 13.6. The summed E-state index contributed by atoms with van der Waals surface area (Å²) in [6.07, 6.45) is 6.50. The highest BCUT2D eigenvalue weighted by Gasteiger charge is 2.55. The van der Waals surface area contributed by atoms with Crippen LogP contribution in [0.5, 0.6) is 0 Å². The van der Waals surface area contributed by atoms with Crippen molar-refractivity contribution in [1.29, 1.82) is 0 Å². The van der Waals surface area contributed by atoms with Crippen molar-refractivity contribution in [3.05, 3.63) is 35.4 Å². The lowest BCUT2D eigenvalue weighted by Crippen LogP contribution is -2.41. The van der Waals surface area contributed by atoms with Gasteiger partial charge >= 0.3 is 12.0 Å². The predicted octanol–water partition coefficient (Wildman–Crippen LogP) is 3.07. The zero-order chi connectivity index (χ0) is 19.6. The highest BCUT2D eigenvalue weighted by molar-refractivity contribution is 5.80. The van der Waals surface area contributed by atoms with E-state index >= 15 is 0 Å². The van der Waals surface area contributed by atoms with Crippen LogP contribution in [0.2, 0.25) is 0 Å². The van der Waals surface area contributed by atoms with Crippen molar-refractivity contribution in [2.24, 2.45) is 11.3 Å². The molecule has 0 aromatic heterocycles. The van der Waals surface area contributed by atoms with E-state index in [9.17, 15) is 14.7 Å². The number of carboxylic acid groups (broad SMARTS) is 1. The van der Waals surface area contributed by atoms with Gasteiger partial charge in [-0.1, -0.05) is 37.1 Å². The van der Waals surface area contributed by atoms with Gasteiger partial charge in [-0.15, -0.1) is 0 Å². The fraction of sp³-hybridized carbons (Fsp3) is 0.636. The summed E-state index contributed by atoms with van der Waals surface area (Å²) >= 11 is 0. The molecule has 152 valence electrons. The number of amides is 2. The van der Waals surface area contributed by atoms with Crippen molar-refractivity contribution >= 4 is 12.0 Å². The smallest absolute Gasteiger partial charge is 0.317 e. The highest BCUT2D eigenvalue weighted by Crippen LogP contribution is 2.48. The summed E-state index contributed by atoms with van der Waals surface area (Å²) in [5, 5.41) is 12.6. The van der Waals surface area contributed by atoms with Crippen LogP contribution < -0.4 is 5.32 Å². The molecule has 3 fully saturated rings. The van der Waals surface area contributed by atoms with Gasteiger partial charge in [0.25, 0.3) is 0 Å². The fourth-order valence-corrected chi connectivity index (χ4v) is 5.22. The quantitative estimate of drug-likeness (QED) is 0.817. The lowest BCUT2D eigenvalue weighted by Gasteiger charge is -2.26. The van der Waals surface area contributed by atoms with Crippen molar-refractivity contribution in [1.82, 2.24) is 15.1 Å². The Kier molecular flexibility index (Phi) is 5.58. The van der Waals surface area contributed by atoms with Gasteiger partial charge in [-0.25, -0.2) is 4.79 Å². The van der Waals surface area contributed by atoms with Crippen LogP contribution in [0.25, 0.3) is 0 Å². The molecule has 6 heteroatoms. The van der Waals surface area contributed by atoms with E-state index in [1.165, 1.54) is 37.9 Å². The third-order valence-electron chi connectivity index (χ3n) is 6.91. The molecule has 2 amide bonds. The maximum absolute atomic E-state index is 12.6. The lowest BCUT2D eigenvalue weighted by atomic mass is 9.81. The highest BCUT2D eigenvalue weighted by atomic mass is 16.4. The topological polar surface area (TPSA) is 72.9 Å². The molecular formula is C22H31N3O3. The number of likely N-dealkylation sites (tertiary alicyclic amines) is 2. The predicted molar refractivity (Wildman–Crippen MR) is 107 cm³/mol. The van der Waals surface area contributed by atoms with Crippen LogP contribution in [0.4, 0.5) is 4.79 Å². The molecular weight excluding hydrogens is 354 g/mol. The molecule has 0 bridgehead atoms. The standard InChI is InChI=1S/C22H31N3O3/c26-20(27)22-10-4-5-19(22)15-25(16-22)21(28)23-13-17-6-8-18(9-7-17)14-24-11-2-1-3-12-24/h6-9,19H,1-5,10-16H2,(H,23,28)(H,26,27)/t19-,22+/m0/s1. The zero-order valence-corrected chi connectivity index (χ0v) is 16.5. The largest absolute Gasteiger partial charge is 0.481 e. The van der Waals surface area contributed by atoms with Crippen LogP contribution in [0, 0.1) is 11.3 Å². The van der Waals surface area contributed by atoms with E-state index in [2.05, 4.69) is 34.5 Å². The molecule has 4 rings (SSSR count). The summed E-state index contributed by atoms with van der Waals surface area (Å²) in [5.74, 6) is -0.639. The van der Waals surface area contributed by atoms with Crippen molar-refractivity contribution < 1.29 is 14.7 Å². The van der Waals surface area contributed by atoms with E-state index in [-0.39, 0.29) is 11.9 Å². The van der Waals surface area contributed by atoms with E-state index in [0.29, 0.717) is 26.1 Å². The van der Waals surface area contributed by atoms with Crippen molar-refractivity contribution in [2.45, 2.75) is 51.6 Å². The first-order valence-electron chi connectivity index (χ1n) is 10.6. The maximum Gasteiger partial charge on any atom is 0.317 e. The summed E-state index contributed by atoms with van der Waals surface area (Å²) in [7, 11) is 0. The minimum absolute atomic E-state index is 0.102. The molecule has 28 heavy (non-hydrogen) atoms. The Labute approximate surface area is 166 Å². The number of carbonyl (C=O) groups is 2. The Morgan fingerprint density at radius 3 is 2.46 bits per heavy atom. The van der Waals surface area contributed by atoms with Gasteiger partial charge in [-0.2, -0.15) is 0 Å². The molecule has 0 unspecified atom stereocenters. The van der Waals surface area contributed by atoms with E-state index in [1.54, 1.807) is 4.90 Å². The number of benzene rings is 1. The summed E-state index contributed by atoms with van der Waals surface area (Å²) < 4.78 is 0. The van der Waals surface area contributed by atoms with Crippen LogP contribution in [-0.4, -0.2) is 53.1 Å². The molecule has 0 radical (unpaired) electrons. The molecule has 3 aliphatic rings. The Morgan fingerprint density at radius 1 is 1.07 bits per heavy atom. The van der Waals surface area contributed by atoms with Crippen LogP contribution >= 0.6 is 0 Å². The maximum atomic E-state index is 12.6. The number of nitrogens with zero attached hydrogens (tertiary/aromatic N) is 2. The van der Waals surface area contributed by atoms with E-state index in [1.807, 2.05) is 0 Å². The number of carbonyl (C=O) groups excluding carboxylic acids is 1. The van der Waals surface area contributed by atoms with Gasteiger partial charge in [0.2, 0.25) is 0 Å². The minimum Gasteiger partial charge on any atom is -0.481 e. The van der Waals surface area contributed by atoms with E-state index in [4.69, 9.17) is 0 Å². The number of rotatable bonds is 5. The Hall–Kier alpha value is -2.08. The summed E-state index contributed by atoms with van der Waals surface area (Å²) in [5.41, 5.74) is 1.67. The van der Waals surface area contributed by atoms with Gasteiger partial charge < -0.3 is 15.3 Å². The number of carboxylic acids is 1. The van der Waals surface area contributed by atoms with E-state index in [0.717, 1.165) is 24.9 Å². The van der Waals surface area contributed by atoms with Crippen molar-refractivity contribution in [3.63, 3.8) is 0 Å². The first-order valence-corrected chi connectivity index (χ1v) is 10.6. The average Bonchev–Trinajstić information content (AvgIpc) is 3.27. The number of nitrogens with one attached hydrogen (secondary N) is 1. The van der Waals surface area contributed by atoms with Crippen LogP contribution in [0.1, 0.15) is 49.7 Å². The molecule has 2 atom stereocenters. The first kappa shape index (κ1) is 19.2. The molecule has 0 spiro atoms. The third kappa shape index (κ3) is 3.88. The Balaban J connectivity index is 1.27. The molecule has 2 aliphatic heterocycles. The SMILES string of the molecule is O=C(NCc1ccc(CN2CCCCC2)cc1)N1C[C@@H]2CCC[C@@]2(C(=O)O)C1. The molecule has 2 saturated heterocycles. The second-order valence-electron chi connectivity index (χ2n) is 8.74. The zero-order valence-electron chi connectivity index (χ0n) is 16.5. The third-order valence-corrected chi connectivity index (χ3v) is 6.91. The van der Waals surface area contributed by atoms with Gasteiger partial charge in [0.15, 0.2) is 0 Å². The number of hydrogen-bond donors (Lipinski definition) is 2. The average molecular weight is 386 g/mol. The fourth-order valence-electron chi connectivity index (χ4n) is 5.22. The van der Waals surface area contributed by atoms with Crippen LogP contribution in [-0.2, 0) is 17.9 Å². The second-order valence-corrected chi connectivity index (χ2v) is 8.74. The molecule has 2 heterocycles. The van der Waals surface area contributed by atoms with Gasteiger partial charge in [0.1, 0.15) is 0 Å². The summed E-state index contributed by atoms with van der Waals surface area (Å²) in [4.78, 5) is 28.5. The van der Waals surface area contributed by atoms with Gasteiger partial charge in [-0.3, -0.25) is 9.69 Å². The second kappa shape index (κ2) is 8.11. The summed E-state index contributed by atoms with van der Waals surface area (Å²) in [6.45, 7) is 4.75. The van der Waals surface area contributed by atoms with E-state index < -0.39 is 11.4 Å². The monoisotopic (exact) mass is 385 g/mol. The number of urea groups is 1. The number of hydrogen-bond acceptors (Lipinski definition) is 3. The molecule has 1 aromatic rings. The van der Waals surface area contributed by atoms with Crippen LogP contribution in [0.15, 0.2) is 24.3 Å². The molecule has 1 aliphatic carbocycles. The minimum atomic E-state index is -0.741. The Bertz CT molecular complexity index is 714. The Morgan fingerprint density at radius 2 is 1.79 bits per heavy atom. The van der Waals surface area contributed by atoms with Crippen molar-refractivity contribution in [3.8, 4) is 0 Å². The molecule has 6 nitrogen and oxygen atoms in total. The van der Waals surface area contributed by atoms with Crippen molar-refractivity contribution in [2.75, 3.05) is 26.2 Å². The number of piperidine rings is 1. The molecule has 2 N–H and O–H groups in total. The van der Waals surface area contributed by atoms with Gasteiger partial charge in [0.05, 0.1) is 5.41 Å². The van der Waals surface area contributed by atoms with Gasteiger partial charge in [0, 0.05) is 26.2 Å². The molecule has 1 aromatic carbocycles. The van der Waals surface area contributed by atoms with Gasteiger partial charge in [-0.05, 0) is 55.8 Å². The summed E-state index contributed by atoms with van der Waals surface area (Å²) in [6, 6.07) is 8.31. The number of fused-ring (bicyclic) bond motifs is 1. The number of aliphatic carboxylic acids is 1. The van der Waals surface area contributed by atoms with Crippen LogP contribution in [0.3, 0.4) is 0 Å². The lowest BCUT2D eigenvalue weighted by molar-refractivity contribution is -0.149. The normalized spacial score (nSPS) is 27.6. The molecule has 1 saturated carbocycles.